The fourth-order valence-electron chi connectivity index (χ4n) is 0.553. The molecule has 0 atom stereocenters. The van der Waals surface area contributed by atoms with Crippen LogP contribution in [0.15, 0.2) is 0 Å². The second kappa shape index (κ2) is 11.9. The monoisotopic (exact) mass is 205 g/mol. The molecule has 1 aliphatic heterocycles. The SMILES string of the molecule is C1CNCC[N-]1.Cl.Cl.[Ti]. The molecule has 0 aromatic heterocycles. The molecule has 0 aromatic rings. The minimum atomic E-state index is 0. The maximum atomic E-state index is 4.11. The zero-order valence-electron chi connectivity index (χ0n) is 5.09. The van der Waals surface area contributed by atoms with Crippen molar-refractivity contribution in [2.75, 3.05) is 26.2 Å². The first kappa shape index (κ1) is 16.7. The van der Waals surface area contributed by atoms with Crippen LogP contribution in [-0.4, -0.2) is 26.2 Å². The normalized spacial score (nSPS) is 16.0. The molecular weight excluding hydrogens is 195 g/mol. The quantitative estimate of drug-likeness (QED) is 0.583. The van der Waals surface area contributed by atoms with Crippen molar-refractivity contribution in [3.8, 4) is 0 Å². The Bertz CT molecular complexity index is 32.0. The van der Waals surface area contributed by atoms with Crippen LogP contribution in [0.2, 0.25) is 0 Å². The van der Waals surface area contributed by atoms with Gasteiger partial charge in [-0.25, -0.2) is 0 Å². The number of hydrogen-bond acceptors (Lipinski definition) is 1. The van der Waals surface area contributed by atoms with Crippen LogP contribution in [0.1, 0.15) is 0 Å². The van der Waals surface area contributed by atoms with E-state index in [4.69, 9.17) is 0 Å². The first-order chi connectivity index (χ1) is 3.00. The van der Waals surface area contributed by atoms with Crippen molar-refractivity contribution in [1.29, 1.82) is 0 Å². The Morgan fingerprint density at radius 2 is 1.44 bits per heavy atom. The van der Waals surface area contributed by atoms with Gasteiger partial charge in [0.05, 0.1) is 0 Å². The molecule has 56 valence electrons. The Morgan fingerprint density at radius 1 is 1.00 bits per heavy atom. The van der Waals surface area contributed by atoms with Crippen molar-refractivity contribution in [2.45, 2.75) is 0 Å². The van der Waals surface area contributed by atoms with E-state index in [1.165, 1.54) is 0 Å². The average Bonchev–Trinajstić information content (AvgIpc) is 1.72. The van der Waals surface area contributed by atoms with Gasteiger partial charge in [0.2, 0.25) is 0 Å². The molecule has 0 bridgehead atoms. The van der Waals surface area contributed by atoms with Crippen LogP contribution in [0, 0.1) is 0 Å². The van der Waals surface area contributed by atoms with Gasteiger partial charge in [0.15, 0.2) is 0 Å². The molecule has 2 nitrogen and oxygen atoms in total. The Balaban J connectivity index is -0.000000120. The van der Waals surface area contributed by atoms with Crippen LogP contribution in [0.5, 0.6) is 0 Å². The number of piperazine rings is 1. The predicted molar refractivity (Wildman–Crippen MR) is 40.5 cm³/mol. The van der Waals surface area contributed by atoms with Crippen LogP contribution in [0.3, 0.4) is 0 Å². The Kier molecular flexibility index (Phi) is 22.1. The van der Waals surface area contributed by atoms with Crippen LogP contribution in [0.25, 0.3) is 5.32 Å². The van der Waals surface area contributed by atoms with E-state index in [0.717, 1.165) is 26.2 Å². The second-order valence-corrected chi connectivity index (χ2v) is 1.42. The third kappa shape index (κ3) is 9.21. The molecule has 1 saturated heterocycles. The summed E-state index contributed by atoms with van der Waals surface area (Å²) in [5, 5.41) is 7.31. The predicted octanol–water partition coefficient (Wildman–Crippen LogP) is 0.804. The first-order valence-electron chi connectivity index (χ1n) is 2.34. The molecule has 0 unspecified atom stereocenters. The molecule has 1 N–H and O–H groups in total. The van der Waals surface area contributed by atoms with E-state index in [-0.39, 0.29) is 46.5 Å². The molecule has 0 radical (unpaired) electrons. The van der Waals surface area contributed by atoms with Crippen molar-refractivity contribution in [3.63, 3.8) is 0 Å². The van der Waals surface area contributed by atoms with Crippen molar-refractivity contribution in [2.24, 2.45) is 0 Å². The van der Waals surface area contributed by atoms with Crippen molar-refractivity contribution in [3.05, 3.63) is 5.32 Å². The second-order valence-electron chi connectivity index (χ2n) is 1.42. The molecule has 5 heteroatoms. The van der Waals surface area contributed by atoms with Gasteiger partial charge in [0, 0.05) is 21.7 Å². The largest absolute Gasteiger partial charge is 0.660 e. The van der Waals surface area contributed by atoms with Gasteiger partial charge in [-0.05, 0) is 13.1 Å². The molecule has 0 saturated carbocycles. The average molecular weight is 206 g/mol. The van der Waals surface area contributed by atoms with Gasteiger partial charge in [-0.1, -0.05) is 0 Å². The van der Waals surface area contributed by atoms with Gasteiger partial charge in [-0.15, -0.1) is 37.9 Å². The molecule has 1 heterocycles. The smallest absolute Gasteiger partial charge is 0 e. The maximum Gasteiger partial charge on any atom is 0 e. The number of rotatable bonds is 0. The van der Waals surface area contributed by atoms with E-state index in [2.05, 4.69) is 10.6 Å². The van der Waals surface area contributed by atoms with E-state index in [1.807, 2.05) is 0 Å². The van der Waals surface area contributed by atoms with E-state index in [0.29, 0.717) is 0 Å². The van der Waals surface area contributed by atoms with Crippen molar-refractivity contribution >= 4 is 24.8 Å². The first-order valence-corrected chi connectivity index (χ1v) is 2.34. The van der Waals surface area contributed by atoms with Gasteiger partial charge in [-0.3, -0.25) is 0 Å². The van der Waals surface area contributed by atoms with Crippen LogP contribution in [0.4, 0.5) is 0 Å². The molecule has 0 aromatic carbocycles. The van der Waals surface area contributed by atoms with Gasteiger partial charge in [0.25, 0.3) is 0 Å². The van der Waals surface area contributed by atoms with Gasteiger partial charge < -0.3 is 10.6 Å². The van der Waals surface area contributed by atoms with Gasteiger partial charge in [0.1, 0.15) is 0 Å². The Morgan fingerprint density at radius 3 is 1.56 bits per heavy atom. The molecule has 0 amide bonds. The summed E-state index contributed by atoms with van der Waals surface area (Å²) in [6.07, 6.45) is 0. The molecule has 1 fully saturated rings. The van der Waals surface area contributed by atoms with Crippen LogP contribution < -0.4 is 5.32 Å². The standard InChI is InChI=1S/C4H9N2.2ClH.Ti/c1-2-6-4-3-5-1;;;/h5H,1-4H2;2*1H;/q-1;;;. The Labute approximate surface area is 83.2 Å². The molecule has 9 heavy (non-hydrogen) atoms. The minimum absolute atomic E-state index is 0. The molecule has 0 spiro atoms. The fourth-order valence-corrected chi connectivity index (χ4v) is 0.553. The summed E-state index contributed by atoms with van der Waals surface area (Å²) in [5.41, 5.74) is 0. The van der Waals surface area contributed by atoms with E-state index in [9.17, 15) is 0 Å². The van der Waals surface area contributed by atoms with E-state index >= 15 is 0 Å². The topological polar surface area (TPSA) is 26.1 Å². The Hall–Kier alpha value is 1.21. The zero-order valence-corrected chi connectivity index (χ0v) is 8.29. The minimum Gasteiger partial charge on any atom is -0.660 e. The number of halogens is 2. The molecule has 1 rings (SSSR count). The maximum absolute atomic E-state index is 4.11. The van der Waals surface area contributed by atoms with Gasteiger partial charge in [-0.2, -0.15) is 0 Å². The van der Waals surface area contributed by atoms with E-state index in [1.54, 1.807) is 0 Å². The summed E-state index contributed by atoms with van der Waals surface area (Å²) >= 11 is 0. The van der Waals surface area contributed by atoms with Gasteiger partial charge >= 0.3 is 0 Å². The van der Waals surface area contributed by atoms with Crippen LogP contribution >= 0.6 is 24.8 Å². The number of nitrogens with one attached hydrogen (secondary N) is 1. The molecule has 0 aliphatic carbocycles. The van der Waals surface area contributed by atoms with Crippen molar-refractivity contribution in [1.82, 2.24) is 5.32 Å². The summed E-state index contributed by atoms with van der Waals surface area (Å²) in [7, 11) is 0. The van der Waals surface area contributed by atoms with E-state index < -0.39 is 0 Å². The summed E-state index contributed by atoms with van der Waals surface area (Å²) < 4.78 is 0. The zero-order chi connectivity index (χ0) is 4.24. The van der Waals surface area contributed by atoms with Crippen molar-refractivity contribution < 1.29 is 21.7 Å². The summed E-state index contributed by atoms with van der Waals surface area (Å²) in [6.45, 7) is 4.19. The van der Waals surface area contributed by atoms with Crippen LogP contribution in [-0.2, 0) is 21.7 Å². The number of hydrogen-bond donors (Lipinski definition) is 1. The number of nitrogens with zero attached hydrogens (tertiary/aromatic N) is 1. The molecule has 1 aliphatic rings. The third-order valence-corrected chi connectivity index (χ3v) is 0.893. The molecular formula is C4H11Cl2N2Ti-. The fraction of sp³-hybridized carbons (Fsp3) is 1.00. The summed E-state index contributed by atoms with van der Waals surface area (Å²) in [5.74, 6) is 0. The third-order valence-electron chi connectivity index (χ3n) is 0.893. The summed E-state index contributed by atoms with van der Waals surface area (Å²) in [4.78, 5) is 0. The summed E-state index contributed by atoms with van der Waals surface area (Å²) in [6, 6.07) is 0.